The van der Waals surface area contributed by atoms with Crippen molar-refractivity contribution >= 4 is 37.8 Å². The first kappa shape index (κ1) is 14.2. The van der Waals surface area contributed by atoms with Crippen LogP contribution in [0.15, 0.2) is 56.3 Å². The number of aromatic nitrogens is 2. The van der Waals surface area contributed by atoms with Gasteiger partial charge in [-0.2, -0.15) is 0 Å². The van der Waals surface area contributed by atoms with Gasteiger partial charge in [0, 0.05) is 16.9 Å². The molecule has 0 N–H and O–H groups in total. The van der Waals surface area contributed by atoms with E-state index in [2.05, 4.69) is 15.9 Å². The van der Waals surface area contributed by atoms with E-state index in [0.29, 0.717) is 16.7 Å². The Hall–Kier alpha value is -2.40. The fourth-order valence-corrected chi connectivity index (χ4v) is 3.52. The van der Waals surface area contributed by atoms with E-state index in [1.54, 1.807) is 17.9 Å². The first-order chi connectivity index (χ1) is 11.1. The van der Waals surface area contributed by atoms with Gasteiger partial charge in [0.2, 0.25) is 0 Å². The molecule has 0 spiro atoms. The van der Waals surface area contributed by atoms with Crippen molar-refractivity contribution in [1.29, 1.82) is 0 Å². The van der Waals surface area contributed by atoms with Gasteiger partial charge >= 0.3 is 0 Å². The summed E-state index contributed by atoms with van der Waals surface area (Å²) in [4.78, 5) is 17.5. The lowest BCUT2D eigenvalue weighted by Crippen LogP contribution is -2.20. The summed E-state index contributed by atoms with van der Waals surface area (Å²) in [5, 5.41) is 1.55. The number of fused-ring (bicyclic) bond motifs is 2. The van der Waals surface area contributed by atoms with E-state index in [-0.39, 0.29) is 5.56 Å². The molecule has 114 valence electrons. The predicted octanol–water partition coefficient (Wildman–Crippen LogP) is 4.42. The van der Waals surface area contributed by atoms with Gasteiger partial charge in [-0.05, 0) is 46.6 Å². The van der Waals surface area contributed by atoms with Gasteiger partial charge in [-0.1, -0.05) is 18.2 Å². The molecule has 0 amide bonds. The maximum Gasteiger partial charge on any atom is 0.261 e. The van der Waals surface area contributed by atoms with Crippen molar-refractivity contribution in [1.82, 2.24) is 9.55 Å². The number of furan rings is 1. The molecule has 0 unspecified atom stereocenters. The number of rotatable bonds is 1. The van der Waals surface area contributed by atoms with Crippen molar-refractivity contribution in [2.45, 2.75) is 6.92 Å². The van der Waals surface area contributed by atoms with E-state index >= 15 is 0 Å². The van der Waals surface area contributed by atoms with Crippen molar-refractivity contribution in [3.05, 3.63) is 63.1 Å². The normalized spacial score (nSPS) is 11.4. The van der Waals surface area contributed by atoms with Crippen LogP contribution in [0.4, 0.5) is 0 Å². The van der Waals surface area contributed by atoms with Gasteiger partial charge < -0.3 is 4.42 Å². The Morgan fingerprint density at radius 3 is 2.78 bits per heavy atom. The second-order valence-corrected chi connectivity index (χ2v) is 6.44. The lowest BCUT2D eigenvalue weighted by Gasteiger charge is -2.10. The molecule has 4 aromatic rings. The van der Waals surface area contributed by atoms with Gasteiger partial charge in [-0.25, -0.2) is 4.98 Å². The molecule has 0 fully saturated rings. The number of aryl methyl sites for hydroxylation is 1. The molecule has 2 aromatic carbocycles. The van der Waals surface area contributed by atoms with E-state index in [0.717, 1.165) is 26.6 Å². The zero-order valence-corrected chi connectivity index (χ0v) is 14.2. The van der Waals surface area contributed by atoms with Crippen LogP contribution < -0.4 is 5.56 Å². The highest BCUT2D eigenvalue weighted by molar-refractivity contribution is 9.10. The van der Waals surface area contributed by atoms with Crippen LogP contribution in [0.5, 0.6) is 0 Å². The number of nitrogens with zero attached hydrogens (tertiary/aromatic N) is 2. The molecule has 4 nitrogen and oxygen atoms in total. The summed E-state index contributed by atoms with van der Waals surface area (Å²) in [6.45, 7) is 1.96. The Morgan fingerprint density at radius 1 is 1.17 bits per heavy atom. The summed E-state index contributed by atoms with van der Waals surface area (Å²) < 4.78 is 7.99. The second kappa shape index (κ2) is 5.06. The minimum Gasteiger partial charge on any atom is -0.464 e. The highest BCUT2D eigenvalue weighted by Crippen LogP contribution is 2.30. The molecule has 0 aliphatic heterocycles. The molecule has 0 aliphatic rings. The fourth-order valence-electron chi connectivity index (χ4n) is 2.86. The molecule has 0 radical (unpaired) electrons. The van der Waals surface area contributed by atoms with E-state index in [9.17, 15) is 4.79 Å². The number of para-hydroxylation sites is 1. The quantitative estimate of drug-likeness (QED) is 0.499. The molecular weight excluding hydrogens is 356 g/mol. The lowest BCUT2D eigenvalue weighted by atomic mass is 10.1. The largest absolute Gasteiger partial charge is 0.464 e. The Balaban J connectivity index is 2.12. The van der Waals surface area contributed by atoms with Crippen molar-refractivity contribution in [2.75, 3.05) is 0 Å². The Kier molecular flexibility index (Phi) is 3.13. The van der Waals surface area contributed by atoms with Crippen LogP contribution in [-0.4, -0.2) is 9.55 Å². The Labute approximate surface area is 140 Å². The molecular formula is C18H13BrN2O2. The molecule has 0 atom stereocenters. The van der Waals surface area contributed by atoms with Crippen LogP contribution in [0.3, 0.4) is 0 Å². The second-order valence-electron chi connectivity index (χ2n) is 5.59. The first-order valence-corrected chi connectivity index (χ1v) is 7.99. The van der Waals surface area contributed by atoms with E-state index in [1.807, 2.05) is 43.3 Å². The van der Waals surface area contributed by atoms with Crippen molar-refractivity contribution in [2.24, 2.45) is 7.05 Å². The van der Waals surface area contributed by atoms with Gasteiger partial charge in [-0.3, -0.25) is 9.36 Å². The minimum atomic E-state index is -0.0697. The number of halogens is 1. The first-order valence-electron chi connectivity index (χ1n) is 7.20. The van der Waals surface area contributed by atoms with Crippen molar-refractivity contribution in [3.63, 3.8) is 0 Å². The zero-order chi connectivity index (χ0) is 16.1. The van der Waals surface area contributed by atoms with Crippen LogP contribution in [-0.2, 0) is 7.05 Å². The summed E-state index contributed by atoms with van der Waals surface area (Å²) in [6, 6.07) is 11.6. The molecule has 2 aromatic heterocycles. The van der Waals surface area contributed by atoms with Crippen molar-refractivity contribution in [3.8, 4) is 11.4 Å². The van der Waals surface area contributed by atoms with Crippen LogP contribution >= 0.6 is 15.9 Å². The third-order valence-electron chi connectivity index (χ3n) is 4.00. The minimum absolute atomic E-state index is 0.0697. The van der Waals surface area contributed by atoms with Gasteiger partial charge in [0.05, 0.1) is 16.5 Å². The Morgan fingerprint density at radius 2 is 1.96 bits per heavy atom. The van der Waals surface area contributed by atoms with E-state index < -0.39 is 0 Å². The maximum absolute atomic E-state index is 12.8. The standard InChI is InChI=1S/C18H13BrN2O2/c1-10-7-12-16(14(19)8-10)20-17(21(2)18(12)22)13-9-23-15-6-4-3-5-11(13)15/h3-9H,1-2H3. The predicted molar refractivity (Wildman–Crippen MR) is 94.6 cm³/mol. The van der Waals surface area contributed by atoms with Gasteiger partial charge in [0.25, 0.3) is 5.56 Å². The van der Waals surface area contributed by atoms with Gasteiger partial charge in [0.15, 0.2) is 0 Å². The molecule has 0 saturated heterocycles. The molecule has 23 heavy (non-hydrogen) atoms. The zero-order valence-electron chi connectivity index (χ0n) is 12.6. The summed E-state index contributed by atoms with van der Waals surface area (Å²) >= 11 is 3.52. The summed E-state index contributed by atoms with van der Waals surface area (Å²) in [5.74, 6) is 0.594. The maximum atomic E-state index is 12.8. The molecule has 0 aliphatic carbocycles. The summed E-state index contributed by atoms with van der Waals surface area (Å²) in [5.41, 5.74) is 3.21. The van der Waals surface area contributed by atoms with E-state index in [1.165, 1.54) is 0 Å². The smallest absolute Gasteiger partial charge is 0.261 e. The number of hydrogen-bond donors (Lipinski definition) is 0. The van der Waals surface area contributed by atoms with Crippen LogP contribution in [0.25, 0.3) is 33.3 Å². The average molecular weight is 369 g/mol. The van der Waals surface area contributed by atoms with Crippen LogP contribution in [0, 0.1) is 6.92 Å². The van der Waals surface area contributed by atoms with Gasteiger partial charge in [-0.15, -0.1) is 0 Å². The molecule has 4 rings (SSSR count). The van der Waals surface area contributed by atoms with Gasteiger partial charge in [0.1, 0.15) is 17.7 Å². The topological polar surface area (TPSA) is 48.0 Å². The van der Waals surface area contributed by atoms with Crippen LogP contribution in [0.2, 0.25) is 0 Å². The third kappa shape index (κ3) is 2.11. The summed E-state index contributed by atoms with van der Waals surface area (Å²) in [6.07, 6.45) is 1.65. The third-order valence-corrected chi connectivity index (χ3v) is 4.60. The molecule has 0 bridgehead atoms. The Bertz CT molecular complexity index is 1130. The molecule has 2 heterocycles. The van der Waals surface area contributed by atoms with E-state index in [4.69, 9.17) is 9.40 Å². The monoisotopic (exact) mass is 368 g/mol. The average Bonchev–Trinajstić information content (AvgIpc) is 2.95. The lowest BCUT2D eigenvalue weighted by molar-refractivity contribution is 0.616. The number of benzene rings is 2. The van der Waals surface area contributed by atoms with Crippen molar-refractivity contribution < 1.29 is 4.42 Å². The fraction of sp³-hybridized carbons (Fsp3) is 0.111. The SMILES string of the molecule is Cc1cc(Br)c2nc(-c3coc4ccccc34)n(C)c(=O)c2c1. The highest BCUT2D eigenvalue weighted by Gasteiger charge is 2.16. The summed E-state index contributed by atoms with van der Waals surface area (Å²) in [7, 11) is 1.74. The molecule has 0 saturated carbocycles. The highest BCUT2D eigenvalue weighted by atomic mass is 79.9. The van der Waals surface area contributed by atoms with Crippen LogP contribution in [0.1, 0.15) is 5.56 Å². The number of hydrogen-bond acceptors (Lipinski definition) is 3. The molecule has 5 heteroatoms.